The van der Waals surface area contributed by atoms with Crippen molar-refractivity contribution in [3.8, 4) is 5.75 Å². The van der Waals surface area contributed by atoms with Crippen molar-refractivity contribution in [1.29, 1.82) is 0 Å². The molecule has 2 rings (SSSR count). The van der Waals surface area contributed by atoms with E-state index in [2.05, 4.69) is 6.07 Å². The summed E-state index contributed by atoms with van der Waals surface area (Å²) in [5.74, 6) is 0.842. The summed E-state index contributed by atoms with van der Waals surface area (Å²) in [5, 5.41) is 0. The van der Waals surface area contributed by atoms with Crippen LogP contribution in [0.2, 0.25) is 0 Å². The first-order chi connectivity index (χ1) is 6.45. The fourth-order valence-electron chi connectivity index (χ4n) is 1.41. The predicted octanol–water partition coefficient (Wildman–Crippen LogP) is 2.39. The minimum absolute atomic E-state index is 0.0513. The topological polar surface area (TPSA) is 18.5 Å². The average molecular weight is 177 g/mol. The molecule has 0 aliphatic carbocycles. The van der Waals surface area contributed by atoms with E-state index in [1.54, 1.807) is 0 Å². The number of hydrogen-bond acceptors (Lipinski definition) is 2. The van der Waals surface area contributed by atoms with Gasteiger partial charge in [0.25, 0.3) is 0 Å². The minimum atomic E-state index is -0.0513. The van der Waals surface area contributed by atoms with Gasteiger partial charge in [-0.15, -0.1) is 0 Å². The Labute approximate surface area is 78.5 Å². The van der Waals surface area contributed by atoms with Crippen LogP contribution in [0.15, 0.2) is 24.3 Å². The maximum Gasteiger partial charge on any atom is 0.199 e. The van der Waals surface area contributed by atoms with Crippen molar-refractivity contribution in [2.24, 2.45) is 0 Å². The van der Waals surface area contributed by atoms with E-state index in [1.807, 2.05) is 24.3 Å². The van der Waals surface area contributed by atoms with Gasteiger partial charge < -0.3 is 9.47 Å². The van der Waals surface area contributed by atoms with Crippen LogP contribution in [0.25, 0.3) is 0 Å². The molecular weight excluding hydrogens is 164 g/mol. The summed E-state index contributed by atoms with van der Waals surface area (Å²) in [6.07, 6.45) is 3.29. The highest BCUT2D eigenvalue weighted by Gasteiger charge is 2.14. The molecule has 13 heavy (non-hydrogen) atoms. The second kappa shape index (κ2) is 4.28. The third-order valence-corrected chi connectivity index (χ3v) is 2.08. The van der Waals surface area contributed by atoms with Crippen molar-refractivity contribution < 1.29 is 9.47 Å². The van der Waals surface area contributed by atoms with Crippen LogP contribution in [-0.4, -0.2) is 12.9 Å². The standard InChI is InChI=1S/C11H13O2/c1-2-6-10(7-3-1)13-11-8-4-5-9-12-11/h1-2,6-7,11H,4-5,8-9H2. The van der Waals surface area contributed by atoms with Crippen molar-refractivity contribution in [2.45, 2.75) is 25.6 Å². The summed E-state index contributed by atoms with van der Waals surface area (Å²) in [4.78, 5) is 0. The number of benzene rings is 1. The second-order valence-corrected chi connectivity index (χ2v) is 3.15. The molecule has 1 aromatic carbocycles. The fourth-order valence-corrected chi connectivity index (χ4v) is 1.41. The van der Waals surface area contributed by atoms with E-state index in [1.165, 1.54) is 6.42 Å². The van der Waals surface area contributed by atoms with Crippen LogP contribution in [0.3, 0.4) is 0 Å². The quantitative estimate of drug-likeness (QED) is 0.690. The highest BCUT2D eigenvalue weighted by Crippen LogP contribution is 2.17. The fraction of sp³-hybridized carbons (Fsp3) is 0.455. The first-order valence-electron chi connectivity index (χ1n) is 4.69. The van der Waals surface area contributed by atoms with E-state index in [9.17, 15) is 0 Å². The molecule has 0 N–H and O–H groups in total. The van der Waals surface area contributed by atoms with Gasteiger partial charge in [0.15, 0.2) is 6.29 Å². The lowest BCUT2D eigenvalue weighted by Gasteiger charge is -2.23. The molecule has 69 valence electrons. The van der Waals surface area contributed by atoms with E-state index < -0.39 is 0 Å². The van der Waals surface area contributed by atoms with Gasteiger partial charge >= 0.3 is 0 Å². The molecule has 1 fully saturated rings. The van der Waals surface area contributed by atoms with E-state index >= 15 is 0 Å². The van der Waals surface area contributed by atoms with E-state index in [-0.39, 0.29) is 6.29 Å². The summed E-state index contributed by atoms with van der Waals surface area (Å²) < 4.78 is 11.0. The van der Waals surface area contributed by atoms with Crippen LogP contribution < -0.4 is 4.74 Å². The summed E-state index contributed by atoms with van der Waals surface area (Å²) in [5.41, 5.74) is 0. The Morgan fingerprint density at radius 3 is 3.15 bits per heavy atom. The van der Waals surface area contributed by atoms with Crippen LogP contribution in [-0.2, 0) is 4.74 Å². The zero-order valence-corrected chi connectivity index (χ0v) is 7.53. The second-order valence-electron chi connectivity index (χ2n) is 3.15. The molecule has 1 unspecified atom stereocenters. The van der Waals surface area contributed by atoms with Gasteiger partial charge in [-0.2, -0.15) is 0 Å². The Hall–Kier alpha value is -1.02. The number of hydrogen-bond donors (Lipinski definition) is 0. The van der Waals surface area contributed by atoms with Crippen molar-refractivity contribution in [3.05, 3.63) is 30.3 Å². The Kier molecular flexibility index (Phi) is 2.82. The Morgan fingerprint density at radius 1 is 1.46 bits per heavy atom. The highest BCUT2D eigenvalue weighted by molar-refractivity contribution is 5.20. The number of rotatable bonds is 2. The van der Waals surface area contributed by atoms with E-state index in [4.69, 9.17) is 9.47 Å². The van der Waals surface area contributed by atoms with Crippen LogP contribution >= 0.6 is 0 Å². The van der Waals surface area contributed by atoms with Gasteiger partial charge in [0, 0.05) is 6.42 Å². The molecule has 1 saturated heterocycles. The van der Waals surface area contributed by atoms with Crippen LogP contribution in [0.4, 0.5) is 0 Å². The van der Waals surface area contributed by atoms with Crippen LogP contribution in [0.1, 0.15) is 19.3 Å². The monoisotopic (exact) mass is 177 g/mol. The Bertz CT molecular complexity index is 240. The summed E-state index contributed by atoms with van der Waals surface area (Å²) in [7, 11) is 0. The molecule has 1 aromatic rings. The van der Waals surface area contributed by atoms with Crippen molar-refractivity contribution >= 4 is 0 Å². The summed E-state index contributed by atoms with van der Waals surface area (Å²) >= 11 is 0. The lowest BCUT2D eigenvalue weighted by atomic mass is 10.2. The predicted molar refractivity (Wildman–Crippen MR) is 49.5 cm³/mol. The van der Waals surface area contributed by atoms with Crippen LogP contribution in [0, 0.1) is 6.07 Å². The molecule has 2 heteroatoms. The first-order valence-corrected chi connectivity index (χ1v) is 4.69. The van der Waals surface area contributed by atoms with Gasteiger partial charge in [-0.05, 0) is 31.0 Å². The van der Waals surface area contributed by atoms with Crippen LogP contribution in [0.5, 0.6) is 5.75 Å². The molecule has 1 radical (unpaired) electrons. The zero-order chi connectivity index (χ0) is 8.93. The van der Waals surface area contributed by atoms with Gasteiger partial charge in [0.1, 0.15) is 5.75 Å². The minimum Gasteiger partial charge on any atom is -0.465 e. The maximum atomic E-state index is 5.60. The molecular formula is C11H13O2. The van der Waals surface area contributed by atoms with Gasteiger partial charge in [-0.25, -0.2) is 0 Å². The third kappa shape index (κ3) is 2.46. The van der Waals surface area contributed by atoms with Gasteiger partial charge in [-0.1, -0.05) is 12.1 Å². The molecule has 1 aliphatic rings. The Balaban J connectivity index is 1.90. The molecule has 0 bridgehead atoms. The lowest BCUT2D eigenvalue weighted by Crippen LogP contribution is -2.24. The molecule has 1 heterocycles. The van der Waals surface area contributed by atoms with Crippen molar-refractivity contribution in [3.63, 3.8) is 0 Å². The maximum absolute atomic E-state index is 5.60. The SMILES string of the molecule is [c]1cccc(OC2CCCCO2)c1. The van der Waals surface area contributed by atoms with Gasteiger partial charge in [0.2, 0.25) is 0 Å². The molecule has 0 aromatic heterocycles. The van der Waals surface area contributed by atoms with E-state index in [0.29, 0.717) is 0 Å². The average Bonchev–Trinajstić information content (AvgIpc) is 2.21. The summed E-state index contributed by atoms with van der Waals surface area (Å²) in [6, 6.07) is 10.5. The molecule has 1 atom stereocenters. The molecule has 2 nitrogen and oxygen atoms in total. The lowest BCUT2D eigenvalue weighted by molar-refractivity contribution is -0.105. The third-order valence-electron chi connectivity index (χ3n) is 2.08. The van der Waals surface area contributed by atoms with Crippen molar-refractivity contribution in [2.75, 3.05) is 6.61 Å². The summed E-state index contributed by atoms with van der Waals surface area (Å²) in [6.45, 7) is 0.821. The normalized spacial score (nSPS) is 22.6. The molecule has 0 spiro atoms. The van der Waals surface area contributed by atoms with Gasteiger partial charge in [-0.3, -0.25) is 0 Å². The van der Waals surface area contributed by atoms with Crippen molar-refractivity contribution in [1.82, 2.24) is 0 Å². The largest absolute Gasteiger partial charge is 0.465 e. The highest BCUT2D eigenvalue weighted by atomic mass is 16.7. The smallest absolute Gasteiger partial charge is 0.199 e. The molecule has 1 aliphatic heterocycles. The Morgan fingerprint density at radius 2 is 2.46 bits per heavy atom. The molecule has 0 amide bonds. The first kappa shape index (κ1) is 8.57. The zero-order valence-electron chi connectivity index (χ0n) is 7.53. The van der Waals surface area contributed by atoms with E-state index in [0.717, 1.165) is 25.2 Å². The van der Waals surface area contributed by atoms with Gasteiger partial charge in [0.05, 0.1) is 6.61 Å². The number of ether oxygens (including phenoxy) is 2. The molecule has 0 saturated carbocycles.